The highest BCUT2D eigenvalue weighted by molar-refractivity contribution is 5.87. The van der Waals surface area contributed by atoms with Crippen molar-refractivity contribution >= 4 is 29.7 Å². The second-order valence-electron chi connectivity index (χ2n) is 12.6. The summed E-state index contributed by atoms with van der Waals surface area (Å²) >= 11 is 0. The summed E-state index contributed by atoms with van der Waals surface area (Å²) in [6.07, 6.45) is 8.86. The summed E-state index contributed by atoms with van der Waals surface area (Å²) in [5, 5.41) is 29.6. The molecule has 0 saturated carbocycles. The predicted octanol–water partition coefficient (Wildman–Crippen LogP) is 2.92. The quantitative estimate of drug-likeness (QED) is 0.0537. The van der Waals surface area contributed by atoms with Crippen molar-refractivity contribution in [1.82, 2.24) is 21.3 Å². The SMILES string of the molecule is CCCCNCCOCCOCCNC(=O)COCCOCCNC(=O)CCC(NC(=O)CCCCCCCCCOc1ccc(C(=O)O)cc1)C(=O)O. The van der Waals surface area contributed by atoms with Crippen molar-refractivity contribution in [2.75, 3.05) is 85.6 Å². The van der Waals surface area contributed by atoms with Gasteiger partial charge in [-0.15, -0.1) is 0 Å². The number of benzene rings is 1. The first-order valence-corrected chi connectivity index (χ1v) is 19.3. The van der Waals surface area contributed by atoms with Gasteiger partial charge in [-0.2, -0.15) is 0 Å². The molecule has 1 aromatic carbocycles. The van der Waals surface area contributed by atoms with E-state index in [1.807, 2.05) is 0 Å². The van der Waals surface area contributed by atoms with Crippen LogP contribution in [0.3, 0.4) is 0 Å². The maximum absolute atomic E-state index is 12.3. The first-order chi connectivity index (χ1) is 26.2. The van der Waals surface area contributed by atoms with Crippen molar-refractivity contribution in [3.05, 3.63) is 29.8 Å². The Balaban J connectivity index is 1.94. The van der Waals surface area contributed by atoms with E-state index in [-0.39, 0.29) is 75.5 Å². The third-order valence-electron chi connectivity index (χ3n) is 7.96. The van der Waals surface area contributed by atoms with E-state index in [9.17, 15) is 29.1 Å². The monoisotopic (exact) mass is 768 g/mol. The van der Waals surface area contributed by atoms with Gasteiger partial charge in [0.2, 0.25) is 17.7 Å². The van der Waals surface area contributed by atoms with E-state index in [1.54, 1.807) is 12.1 Å². The zero-order valence-electron chi connectivity index (χ0n) is 32.0. The summed E-state index contributed by atoms with van der Waals surface area (Å²) < 4.78 is 27.2. The number of nitrogens with one attached hydrogen (secondary N) is 4. The Morgan fingerprint density at radius 2 is 1.17 bits per heavy atom. The topological polar surface area (TPSA) is 220 Å². The summed E-state index contributed by atoms with van der Waals surface area (Å²) in [4.78, 5) is 58.8. The van der Waals surface area contributed by atoms with Crippen LogP contribution in [-0.2, 0) is 38.1 Å². The number of aliphatic carboxylic acids is 1. The smallest absolute Gasteiger partial charge is 0.335 e. The highest BCUT2D eigenvalue weighted by Gasteiger charge is 2.20. The van der Waals surface area contributed by atoms with Crippen molar-refractivity contribution in [2.45, 2.75) is 90.0 Å². The average Bonchev–Trinajstić information content (AvgIpc) is 3.15. The maximum atomic E-state index is 12.3. The number of carbonyl (C=O) groups is 5. The number of hydrogen-bond donors (Lipinski definition) is 6. The molecule has 16 heteroatoms. The minimum atomic E-state index is -1.19. The largest absolute Gasteiger partial charge is 0.494 e. The molecule has 0 saturated heterocycles. The molecule has 0 spiro atoms. The van der Waals surface area contributed by atoms with Crippen LogP contribution in [0.15, 0.2) is 24.3 Å². The molecule has 1 unspecified atom stereocenters. The summed E-state index contributed by atoms with van der Waals surface area (Å²) in [7, 11) is 0. The van der Waals surface area contributed by atoms with Crippen molar-refractivity contribution < 1.29 is 57.9 Å². The van der Waals surface area contributed by atoms with Crippen LogP contribution in [0.4, 0.5) is 0 Å². The van der Waals surface area contributed by atoms with Crippen molar-refractivity contribution in [3.8, 4) is 5.75 Å². The van der Waals surface area contributed by atoms with Gasteiger partial charge < -0.3 is 55.2 Å². The Morgan fingerprint density at radius 3 is 1.78 bits per heavy atom. The lowest BCUT2D eigenvalue weighted by Gasteiger charge is -2.14. The van der Waals surface area contributed by atoms with Crippen LogP contribution in [0.25, 0.3) is 0 Å². The molecule has 0 aliphatic rings. The number of hydrogen-bond acceptors (Lipinski definition) is 11. The van der Waals surface area contributed by atoms with Gasteiger partial charge in [0, 0.05) is 32.5 Å². The summed E-state index contributed by atoms with van der Waals surface area (Å²) in [6.45, 7) is 7.66. The second kappa shape index (κ2) is 33.7. The van der Waals surface area contributed by atoms with Gasteiger partial charge in [-0.1, -0.05) is 45.4 Å². The molecule has 0 heterocycles. The van der Waals surface area contributed by atoms with Crippen LogP contribution >= 0.6 is 0 Å². The Hall–Kier alpha value is -3.83. The van der Waals surface area contributed by atoms with Crippen LogP contribution in [-0.4, -0.2) is 132 Å². The van der Waals surface area contributed by atoms with Gasteiger partial charge in [0.05, 0.1) is 58.4 Å². The van der Waals surface area contributed by atoms with Crippen LogP contribution < -0.4 is 26.0 Å². The maximum Gasteiger partial charge on any atom is 0.335 e. The molecule has 1 rings (SSSR count). The lowest BCUT2D eigenvalue weighted by atomic mass is 10.1. The van der Waals surface area contributed by atoms with E-state index in [2.05, 4.69) is 28.2 Å². The molecule has 6 N–H and O–H groups in total. The first-order valence-electron chi connectivity index (χ1n) is 19.3. The number of unbranched alkanes of at least 4 members (excludes halogenated alkanes) is 7. The molecule has 0 aliphatic carbocycles. The molecule has 54 heavy (non-hydrogen) atoms. The summed E-state index contributed by atoms with van der Waals surface area (Å²) in [6, 6.07) is 5.17. The van der Waals surface area contributed by atoms with Gasteiger partial charge in [-0.05, 0) is 56.5 Å². The van der Waals surface area contributed by atoms with Gasteiger partial charge in [-0.25, -0.2) is 9.59 Å². The zero-order valence-corrected chi connectivity index (χ0v) is 32.0. The third kappa shape index (κ3) is 28.6. The standard InChI is InChI=1S/C38H64N4O12/c1-2-3-18-39-19-23-50-26-27-51-25-21-41-36(45)30-53-29-28-52-24-20-40-34(43)17-16-33(38(48)49)42-35(44)11-9-7-5-4-6-8-10-22-54-32-14-12-31(13-15-32)37(46)47/h12-15,33,39H,2-11,16-30H2,1H3,(H,40,43)(H,41,45)(H,42,44)(H,46,47)(H,48,49). The molecular formula is C38H64N4O12. The Labute approximate surface area is 319 Å². The number of amides is 3. The van der Waals surface area contributed by atoms with E-state index >= 15 is 0 Å². The van der Waals surface area contributed by atoms with Crippen LogP contribution in [0, 0.1) is 0 Å². The molecular weight excluding hydrogens is 704 g/mol. The molecule has 0 aromatic heterocycles. The van der Waals surface area contributed by atoms with Crippen LogP contribution in [0.1, 0.15) is 94.3 Å². The van der Waals surface area contributed by atoms with E-state index < -0.39 is 18.0 Å². The molecule has 0 radical (unpaired) electrons. The molecule has 0 bridgehead atoms. The van der Waals surface area contributed by atoms with Crippen molar-refractivity contribution in [3.63, 3.8) is 0 Å². The summed E-state index contributed by atoms with van der Waals surface area (Å²) in [5.41, 5.74) is 0.221. The minimum absolute atomic E-state index is 0.0290. The minimum Gasteiger partial charge on any atom is -0.494 e. The number of ether oxygens (including phenoxy) is 5. The summed E-state index contributed by atoms with van der Waals surface area (Å²) in [5.74, 6) is -2.48. The fourth-order valence-corrected chi connectivity index (χ4v) is 4.90. The first kappa shape index (κ1) is 48.2. The lowest BCUT2D eigenvalue weighted by molar-refractivity contribution is -0.142. The second-order valence-corrected chi connectivity index (χ2v) is 12.6. The number of rotatable bonds is 37. The van der Waals surface area contributed by atoms with Crippen molar-refractivity contribution in [1.29, 1.82) is 0 Å². The van der Waals surface area contributed by atoms with Crippen LogP contribution in [0.5, 0.6) is 5.75 Å². The Bertz CT molecular complexity index is 1160. The van der Waals surface area contributed by atoms with E-state index in [4.69, 9.17) is 28.8 Å². The molecule has 1 atom stereocenters. The normalized spacial score (nSPS) is 11.5. The number of carboxylic acids is 2. The van der Waals surface area contributed by atoms with Gasteiger partial charge in [0.15, 0.2) is 0 Å². The number of carbonyl (C=O) groups excluding carboxylic acids is 3. The highest BCUT2D eigenvalue weighted by Crippen LogP contribution is 2.14. The number of carboxylic acid groups (broad SMARTS) is 2. The Morgan fingerprint density at radius 1 is 0.593 bits per heavy atom. The van der Waals surface area contributed by atoms with Gasteiger partial charge in [0.25, 0.3) is 0 Å². The van der Waals surface area contributed by atoms with Crippen LogP contribution in [0.2, 0.25) is 0 Å². The van der Waals surface area contributed by atoms with E-state index in [1.165, 1.54) is 18.6 Å². The highest BCUT2D eigenvalue weighted by atomic mass is 16.5. The van der Waals surface area contributed by atoms with Gasteiger partial charge >= 0.3 is 11.9 Å². The van der Waals surface area contributed by atoms with E-state index in [0.717, 1.165) is 58.0 Å². The molecule has 308 valence electrons. The molecule has 3 amide bonds. The van der Waals surface area contributed by atoms with Gasteiger partial charge in [-0.3, -0.25) is 14.4 Å². The number of aromatic carboxylic acids is 1. The van der Waals surface area contributed by atoms with Gasteiger partial charge in [0.1, 0.15) is 18.4 Å². The average molecular weight is 769 g/mol. The molecule has 0 aliphatic heterocycles. The van der Waals surface area contributed by atoms with Crippen molar-refractivity contribution in [2.24, 2.45) is 0 Å². The molecule has 0 fully saturated rings. The van der Waals surface area contributed by atoms with E-state index in [0.29, 0.717) is 51.7 Å². The molecule has 1 aromatic rings. The fraction of sp³-hybridized carbons (Fsp3) is 0.711. The lowest BCUT2D eigenvalue weighted by Crippen LogP contribution is -2.41. The zero-order chi connectivity index (χ0) is 39.5. The third-order valence-corrected chi connectivity index (χ3v) is 7.96. The predicted molar refractivity (Wildman–Crippen MR) is 202 cm³/mol. The Kier molecular flexibility index (Phi) is 30.1. The fourth-order valence-electron chi connectivity index (χ4n) is 4.90. The molecule has 16 nitrogen and oxygen atoms in total.